The van der Waals surface area contributed by atoms with Crippen LogP contribution >= 0.6 is 46.1 Å². The van der Waals surface area contributed by atoms with Gasteiger partial charge >= 0.3 is 6.18 Å². The number of thiophene rings is 1. The van der Waals surface area contributed by atoms with Crippen molar-refractivity contribution in [2.75, 3.05) is 5.32 Å². The summed E-state index contributed by atoms with van der Waals surface area (Å²) in [6, 6.07) is 7.71. The van der Waals surface area contributed by atoms with Gasteiger partial charge in [-0.05, 0) is 30.3 Å². The molecule has 2 aromatic carbocycles. The lowest BCUT2D eigenvalue weighted by Crippen LogP contribution is -2.12. The third kappa shape index (κ3) is 3.72. The van der Waals surface area contributed by atoms with Crippen LogP contribution < -0.4 is 5.32 Å². The van der Waals surface area contributed by atoms with Crippen molar-refractivity contribution in [2.24, 2.45) is 0 Å². The number of carbonyl (C=O) groups is 1. The number of benzene rings is 2. The first kappa shape index (κ1) is 18.3. The van der Waals surface area contributed by atoms with Crippen LogP contribution in [0, 0.1) is 0 Å². The van der Waals surface area contributed by atoms with Crippen LogP contribution in [0.1, 0.15) is 15.2 Å². The molecule has 0 aliphatic carbocycles. The Balaban J connectivity index is 1.91. The van der Waals surface area contributed by atoms with Crippen molar-refractivity contribution >= 4 is 67.8 Å². The van der Waals surface area contributed by atoms with Crippen molar-refractivity contribution in [2.45, 2.75) is 6.18 Å². The SMILES string of the molecule is O=C(Nc1ccc(C(F)(F)F)cc1Cl)c1sc2cc(Cl)ccc2c1Cl. The van der Waals surface area contributed by atoms with Gasteiger partial charge in [0, 0.05) is 15.1 Å². The van der Waals surface area contributed by atoms with Crippen LogP contribution in [0.5, 0.6) is 0 Å². The Morgan fingerprint density at radius 2 is 1.76 bits per heavy atom. The lowest BCUT2D eigenvalue weighted by atomic mass is 10.2. The van der Waals surface area contributed by atoms with Gasteiger partial charge in [-0.3, -0.25) is 4.79 Å². The Morgan fingerprint density at radius 3 is 2.40 bits per heavy atom. The first-order valence-corrected chi connectivity index (χ1v) is 8.67. The number of amides is 1. The number of alkyl halides is 3. The second kappa shape index (κ2) is 6.68. The predicted octanol–water partition coefficient (Wildman–Crippen LogP) is 7.13. The molecule has 3 rings (SSSR count). The average molecular weight is 425 g/mol. The van der Waals surface area contributed by atoms with E-state index in [1.807, 2.05) is 0 Å². The number of rotatable bonds is 2. The minimum absolute atomic E-state index is 0.0613. The van der Waals surface area contributed by atoms with Gasteiger partial charge in [-0.25, -0.2) is 0 Å². The molecule has 0 atom stereocenters. The monoisotopic (exact) mass is 423 g/mol. The van der Waals surface area contributed by atoms with Crippen molar-refractivity contribution < 1.29 is 18.0 Å². The summed E-state index contributed by atoms with van der Waals surface area (Å²) in [5, 5.41) is 3.67. The Bertz CT molecular complexity index is 985. The van der Waals surface area contributed by atoms with Gasteiger partial charge in [0.05, 0.1) is 21.3 Å². The lowest BCUT2D eigenvalue weighted by molar-refractivity contribution is -0.137. The summed E-state index contributed by atoms with van der Waals surface area (Å²) in [5.41, 5.74) is -0.837. The first-order valence-electron chi connectivity index (χ1n) is 6.72. The zero-order valence-corrected chi connectivity index (χ0v) is 15.1. The maximum absolute atomic E-state index is 12.7. The molecule has 1 aromatic heterocycles. The van der Waals surface area contributed by atoms with Gasteiger partial charge in [0.25, 0.3) is 5.91 Å². The van der Waals surface area contributed by atoms with E-state index in [0.717, 1.165) is 34.2 Å². The number of nitrogens with one attached hydrogen (secondary N) is 1. The van der Waals surface area contributed by atoms with E-state index >= 15 is 0 Å². The molecule has 0 aliphatic rings. The van der Waals surface area contributed by atoms with Gasteiger partial charge in [0.15, 0.2) is 0 Å². The molecular weight excluding hydrogens is 418 g/mol. The predicted molar refractivity (Wildman–Crippen MR) is 96.3 cm³/mol. The van der Waals surface area contributed by atoms with Crippen LogP contribution in [0.15, 0.2) is 36.4 Å². The van der Waals surface area contributed by atoms with E-state index in [-0.39, 0.29) is 20.6 Å². The largest absolute Gasteiger partial charge is 0.416 e. The third-order valence-corrected chi connectivity index (χ3v) is 5.55. The molecule has 0 saturated heterocycles. The molecule has 0 bridgehead atoms. The van der Waals surface area contributed by atoms with E-state index in [0.29, 0.717) is 10.4 Å². The molecule has 3 aromatic rings. The molecule has 0 aliphatic heterocycles. The van der Waals surface area contributed by atoms with E-state index < -0.39 is 17.6 Å². The normalized spacial score (nSPS) is 11.8. The van der Waals surface area contributed by atoms with Gasteiger partial charge in [0.1, 0.15) is 4.88 Å². The quantitative estimate of drug-likeness (QED) is 0.466. The summed E-state index contributed by atoms with van der Waals surface area (Å²) in [4.78, 5) is 12.6. The van der Waals surface area contributed by atoms with E-state index in [1.165, 1.54) is 0 Å². The van der Waals surface area contributed by atoms with E-state index in [1.54, 1.807) is 18.2 Å². The fourth-order valence-corrected chi connectivity index (χ4v) is 4.07. The molecule has 9 heteroatoms. The topological polar surface area (TPSA) is 29.1 Å². The number of carbonyl (C=O) groups excluding carboxylic acids is 1. The zero-order chi connectivity index (χ0) is 18.4. The average Bonchev–Trinajstić information content (AvgIpc) is 2.84. The summed E-state index contributed by atoms with van der Waals surface area (Å²) in [7, 11) is 0. The smallest absolute Gasteiger partial charge is 0.320 e. The van der Waals surface area contributed by atoms with Crippen LogP contribution in [-0.4, -0.2) is 5.91 Å². The molecule has 130 valence electrons. The molecule has 1 amide bonds. The van der Waals surface area contributed by atoms with Crippen molar-refractivity contribution in [3.05, 3.63) is 61.9 Å². The molecule has 2 nitrogen and oxygen atoms in total. The van der Waals surface area contributed by atoms with Gasteiger partial charge in [-0.15, -0.1) is 11.3 Å². The Kier molecular flexibility index (Phi) is 4.90. The number of halogens is 6. The molecule has 0 unspecified atom stereocenters. The van der Waals surface area contributed by atoms with Crippen LogP contribution in [0.4, 0.5) is 18.9 Å². The molecule has 1 N–H and O–H groups in total. The highest BCUT2D eigenvalue weighted by Gasteiger charge is 2.31. The molecule has 0 saturated carbocycles. The Hall–Kier alpha value is -1.47. The fourth-order valence-electron chi connectivity index (χ4n) is 2.16. The second-order valence-electron chi connectivity index (χ2n) is 5.03. The van der Waals surface area contributed by atoms with Crippen LogP contribution in [-0.2, 0) is 6.18 Å². The summed E-state index contributed by atoms with van der Waals surface area (Å²) < 4.78 is 38.7. The van der Waals surface area contributed by atoms with Crippen LogP contribution in [0.2, 0.25) is 15.1 Å². The highest BCUT2D eigenvalue weighted by atomic mass is 35.5. The van der Waals surface area contributed by atoms with Gasteiger partial charge in [-0.1, -0.05) is 40.9 Å². The fraction of sp³-hybridized carbons (Fsp3) is 0.0625. The highest BCUT2D eigenvalue weighted by Crippen LogP contribution is 2.38. The minimum atomic E-state index is -4.51. The summed E-state index contributed by atoms with van der Waals surface area (Å²) >= 11 is 19.1. The standard InChI is InChI=1S/C16H7Cl3F3NOS/c17-8-2-3-9-12(6-8)25-14(13(9)19)15(24)23-11-4-1-7(5-10(11)18)16(20,21)22/h1-6H,(H,23,24). The first-order chi connectivity index (χ1) is 11.7. The minimum Gasteiger partial charge on any atom is -0.320 e. The van der Waals surface area contributed by atoms with Crippen molar-refractivity contribution in [1.82, 2.24) is 0 Å². The zero-order valence-electron chi connectivity index (χ0n) is 12.0. The lowest BCUT2D eigenvalue weighted by Gasteiger charge is -2.10. The van der Waals surface area contributed by atoms with Crippen molar-refractivity contribution in [3.8, 4) is 0 Å². The molecule has 1 heterocycles. The summed E-state index contributed by atoms with van der Waals surface area (Å²) in [6.07, 6.45) is -4.51. The van der Waals surface area contributed by atoms with E-state index in [4.69, 9.17) is 34.8 Å². The number of hydrogen-bond donors (Lipinski definition) is 1. The van der Waals surface area contributed by atoms with Crippen molar-refractivity contribution in [1.29, 1.82) is 0 Å². The maximum Gasteiger partial charge on any atom is 0.416 e. The second-order valence-corrected chi connectivity index (χ2v) is 7.31. The molecular formula is C16H7Cl3F3NOS. The van der Waals surface area contributed by atoms with Crippen LogP contribution in [0.3, 0.4) is 0 Å². The summed E-state index contributed by atoms with van der Waals surface area (Å²) in [6.45, 7) is 0. The molecule has 0 spiro atoms. The molecule has 0 radical (unpaired) electrons. The molecule has 0 fully saturated rings. The van der Waals surface area contributed by atoms with Gasteiger partial charge in [0.2, 0.25) is 0 Å². The summed E-state index contributed by atoms with van der Waals surface area (Å²) in [5.74, 6) is -0.566. The third-order valence-electron chi connectivity index (χ3n) is 3.34. The van der Waals surface area contributed by atoms with Crippen molar-refractivity contribution in [3.63, 3.8) is 0 Å². The maximum atomic E-state index is 12.7. The van der Waals surface area contributed by atoms with Crippen LogP contribution in [0.25, 0.3) is 10.1 Å². The highest BCUT2D eigenvalue weighted by molar-refractivity contribution is 7.21. The van der Waals surface area contributed by atoms with E-state index in [9.17, 15) is 18.0 Å². The Morgan fingerprint density at radius 1 is 1.04 bits per heavy atom. The number of hydrogen-bond acceptors (Lipinski definition) is 2. The number of fused-ring (bicyclic) bond motifs is 1. The number of anilines is 1. The van der Waals surface area contributed by atoms with E-state index in [2.05, 4.69) is 5.32 Å². The van der Waals surface area contributed by atoms with Gasteiger partial charge < -0.3 is 5.32 Å². The molecule has 25 heavy (non-hydrogen) atoms. The van der Waals surface area contributed by atoms with Gasteiger partial charge in [-0.2, -0.15) is 13.2 Å². The Labute approximate surface area is 159 Å².